The average Bonchev–Trinajstić information content (AvgIpc) is 3.09. The molecule has 22 heavy (non-hydrogen) atoms. The summed E-state index contributed by atoms with van der Waals surface area (Å²) in [5.74, 6) is 1.92. The van der Waals surface area contributed by atoms with E-state index in [4.69, 9.17) is 9.63 Å². The van der Waals surface area contributed by atoms with Crippen molar-refractivity contribution in [2.24, 2.45) is 5.92 Å². The lowest BCUT2D eigenvalue weighted by molar-refractivity contribution is 0.0785. The van der Waals surface area contributed by atoms with Crippen LogP contribution in [0.3, 0.4) is 0 Å². The number of hydrogen-bond donors (Lipinski definition) is 2. The maximum Gasteiger partial charge on any atom is 0.235 e. The molecule has 1 aromatic rings. The lowest BCUT2D eigenvalue weighted by Crippen LogP contribution is -2.52. The Morgan fingerprint density at radius 1 is 1.23 bits per heavy atom. The molecule has 0 saturated carbocycles. The molecule has 124 valence electrons. The second kappa shape index (κ2) is 6.62. The maximum absolute atomic E-state index is 9.25. The predicted molar refractivity (Wildman–Crippen MR) is 80.5 cm³/mol. The van der Waals surface area contributed by atoms with Crippen LogP contribution in [0.25, 0.3) is 0 Å². The van der Waals surface area contributed by atoms with Gasteiger partial charge in [-0.05, 0) is 32.2 Å². The van der Waals surface area contributed by atoms with Crippen molar-refractivity contribution in [2.75, 3.05) is 52.5 Å². The third-order valence-corrected chi connectivity index (χ3v) is 5.07. The van der Waals surface area contributed by atoms with E-state index in [1.807, 2.05) is 6.92 Å². The molecule has 2 saturated heterocycles. The lowest BCUT2D eigenvalue weighted by atomic mass is 9.73. The maximum atomic E-state index is 9.25. The van der Waals surface area contributed by atoms with Crippen LogP contribution in [0.2, 0.25) is 0 Å². The fourth-order valence-electron chi connectivity index (χ4n) is 4.05. The van der Waals surface area contributed by atoms with Crippen LogP contribution in [-0.4, -0.2) is 82.6 Å². The molecule has 0 spiro atoms. The molecule has 2 fully saturated rings. The van der Waals surface area contributed by atoms with E-state index < -0.39 is 0 Å². The first-order valence-electron chi connectivity index (χ1n) is 8.15. The highest BCUT2D eigenvalue weighted by atomic mass is 16.5. The van der Waals surface area contributed by atoms with Gasteiger partial charge >= 0.3 is 0 Å². The second-order valence-corrected chi connectivity index (χ2v) is 6.60. The summed E-state index contributed by atoms with van der Waals surface area (Å²) < 4.78 is 5.56. The Labute approximate surface area is 130 Å². The normalized spacial score (nSPS) is 29.9. The summed E-state index contributed by atoms with van der Waals surface area (Å²) in [6.07, 6.45) is 1.88. The molecule has 0 aromatic carbocycles. The molecule has 7 nitrogen and oxygen atoms in total. The summed E-state index contributed by atoms with van der Waals surface area (Å²) in [7, 11) is 0. The minimum absolute atomic E-state index is 0.135. The van der Waals surface area contributed by atoms with Crippen molar-refractivity contribution in [3.63, 3.8) is 0 Å². The topological polar surface area (TPSA) is 85.9 Å². The van der Waals surface area contributed by atoms with Crippen molar-refractivity contribution in [1.82, 2.24) is 19.9 Å². The van der Waals surface area contributed by atoms with Gasteiger partial charge in [-0.3, -0.25) is 4.90 Å². The average molecular weight is 310 g/mol. The highest BCUT2D eigenvalue weighted by Gasteiger charge is 2.53. The number of aliphatic hydroxyl groups is 2. The Balaban J connectivity index is 1.84. The van der Waals surface area contributed by atoms with E-state index >= 15 is 0 Å². The van der Waals surface area contributed by atoms with Crippen LogP contribution in [0.5, 0.6) is 0 Å². The summed E-state index contributed by atoms with van der Waals surface area (Å²) in [6.45, 7) is 7.63. The number of fused-ring (bicyclic) bond motifs is 1. The monoisotopic (exact) mass is 310 g/mol. The Morgan fingerprint density at radius 3 is 2.73 bits per heavy atom. The molecule has 0 radical (unpaired) electrons. The molecular weight excluding hydrogens is 284 g/mol. The number of aryl methyl sites for hydroxylation is 1. The molecule has 0 bridgehead atoms. The number of aromatic nitrogens is 2. The van der Waals surface area contributed by atoms with E-state index in [9.17, 15) is 5.11 Å². The Bertz CT molecular complexity index is 495. The van der Waals surface area contributed by atoms with Crippen molar-refractivity contribution >= 4 is 0 Å². The van der Waals surface area contributed by atoms with Crippen molar-refractivity contribution in [1.29, 1.82) is 0 Å². The molecule has 2 aliphatic heterocycles. The van der Waals surface area contributed by atoms with Gasteiger partial charge in [0.15, 0.2) is 5.82 Å². The second-order valence-electron chi connectivity index (χ2n) is 6.60. The zero-order chi connectivity index (χ0) is 15.6. The zero-order valence-electron chi connectivity index (χ0n) is 13.2. The lowest BCUT2D eigenvalue weighted by Gasteiger charge is -2.41. The van der Waals surface area contributed by atoms with Crippen LogP contribution in [-0.2, 0) is 5.41 Å². The molecule has 3 rings (SSSR count). The number of aliphatic hydroxyl groups excluding tert-OH is 2. The van der Waals surface area contributed by atoms with Crippen LogP contribution in [0.4, 0.5) is 0 Å². The van der Waals surface area contributed by atoms with Crippen molar-refractivity contribution < 1.29 is 14.7 Å². The van der Waals surface area contributed by atoms with Crippen LogP contribution in [0.1, 0.15) is 24.6 Å². The summed E-state index contributed by atoms with van der Waals surface area (Å²) in [5.41, 5.74) is -0.135. The molecule has 2 N–H and O–H groups in total. The number of piperidine rings is 1. The fraction of sp³-hybridized carbons (Fsp3) is 0.867. The van der Waals surface area contributed by atoms with Gasteiger partial charge in [-0.25, -0.2) is 0 Å². The third-order valence-electron chi connectivity index (χ3n) is 5.07. The molecule has 0 amide bonds. The van der Waals surface area contributed by atoms with Gasteiger partial charge in [0.1, 0.15) is 0 Å². The van der Waals surface area contributed by atoms with Gasteiger partial charge < -0.3 is 19.6 Å². The minimum Gasteiger partial charge on any atom is -0.396 e. The van der Waals surface area contributed by atoms with Crippen molar-refractivity contribution in [2.45, 2.75) is 25.2 Å². The van der Waals surface area contributed by atoms with Crippen LogP contribution >= 0.6 is 0 Å². The number of nitrogens with zero attached hydrogens (tertiary/aromatic N) is 4. The quantitative estimate of drug-likeness (QED) is 0.741. The van der Waals surface area contributed by atoms with E-state index in [1.54, 1.807) is 0 Å². The molecular formula is C15H26N4O3. The predicted octanol–water partition coefficient (Wildman–Crippen LogP) is -0.372. The van der Waals surface area contributed by atoms with E-state index in [0.717, 1.165) is 51.5 Å². The van der Waals surface area contributed by atoms with Crippen LogP contribution < -0.4 is 0 Å². The Morgan fingerprint density at radius 2 is 2.05 bits per heavy atom. The van der Waals surface area contributed by atoms with Gasteiger partial charge in [0.25, 0.3) is 0 Å². The highest BCUT2D eigenvalue weighted by molar-refractivity contribution is 5.17. The number of β-amino-alcohol motifs (C(OH)–C–C–N with tert-alkyl or cyclic N) is 1. The highest BCUT2D eigenvalue weighted by Crippen LogP contribution is 2.43. The molecule has 0 unspecified atom stereocenters. The third kappa shape index (κ3) is 2.90. The smallest absolute Gasteiger partial charge is 0.235 e. The van der Waals surface area contributed by atoms with Crippen LogP contribution in [0, 0.1) is 12.8 Å². The van der Waals surface area contributed by atoms with E-state index in [2.05, 4.69) is 19.9 Å². The fourth-order valence-corrected chi connectivity index (χ4v) is 4.05. The molecule has 7 heteroatoms. The summed E-state index contributed by atoms with van der Waals surface area (Å²) in [6, 6.07) is 0. The van der Waals surface area contributed by atoms with Crippen LogP contribution in [0.15, 0.2) is 4.52 Å². The minimum atomic E-state index is -0.135. The molecule has 0 aliphatic carbocycles. The number of rotatable bonds is 6. The van der Waals surface area contributed by atoms with Gasteiger partial charge in [-0.2, -0.15) is 4.98 Å². The standard InChI is InChI=1S/C15H26N4O3/c1-12-16-14(22-17-12)15-10-18(6-8-21)5-3-13(15)9-19(11-15)4-2-7-20/h13,20-21H,2-11H2,1H3/t13-,15-/m0/s1. The van der Waals surface area contributed by atoms with Gasteiger partial charge in [-0.15, -0.1) is 0 Å². The molecule has 2 atom stereocenters. The van der Waals surface area contributed by atoms with Gasteiger partial charge in [0.05, 0.1) is 12.0 Å². The Hall–Kier alpha value is -1.02. The number of hydrogen-bond acceptors (Lipinski definition) is 7. The summed E-state index contributed by atoms with van der Waals surface area (Å²) in [4.78, 5) is 9.24. The summed E-state index contributed by atoms with van der Waals surface area (Å²) in [5, 5.41) is 22.3. The largest absolute Gasteiger partial charge is 0.396 e. The molecule has 1 aromatic heterocycles. The SMILES string of the molecule is Cc1noc([C@]23CN(CCO)CC[C@H]2CN(CCCO)C3)n1. The first-order chi connectivity index (χ1) is 10.7. The van der Waals surface area contributed by atoms with Gasteiger partial charge in [0.2, 0.25) is 5.89 Å². The van der Waals surface area contributed by atoms with Gasteiger partial charge in [0, 0.05) is 39.3 Å². The molecule has 2 aliphatic rings. The van der Waals surface area contributed by atoms with E-state index in [-0.39, 0.29) is 18.6 Å². The van der Waals surface area contributed by atoms with E-state index in [1.165, 1.54) is 0 Å². The van der Waals surface area contributed by atoms with Crippen molar-refractivity contribution in [3.05, 3.63) is 11.7 Å². The Kier molecular flexibility index (Phi) is 4.77. The first kappa shape index (κ1) is 15.9. The summed E-state index contributed by atoms with van der Waals surface area (Å²) >= 11 is 0. The zero-order valence-corrected chi connectivity index (χ0v) is 13.2. The number of likely N-dealkylation sites (tertiary alicyclic amines) is 2. The first-order valence-corrected chi connectivity index (χ1v) is 8.15. The van der Waals surface area contributed by atoms with Gasteiger partial charge in [-0.1, -0.05) is 5.16 Å². The van der Waals surface area contributed by atoms with Crippen molar-refractivity contribution in [3.8, 4) is 0 Å². The molecule has 3 heterocycles. The van der Waals surface area contributed by atoms with E-state index in [0.29, 0.717) is 18.3 Å².